The maximum Gasteiger partial charge on any atom is 0.307 e. The van der Waals surface area contributed by atoms with E-state index in [4.69, 9.17) is 9.52 Å². The molecule has 0 bridgehead atoms. The first-order valence-corrected chi connectivity index (χ1v) is 7.25. The van der Waals surface area contributed by atoms with E-state index in [0.717, 1.165) is 10.4 Å². The van der Waals surface area contributed by atoms with Crippen LogP contribution in [0.25, 0.3) is 21.6 Å². The summed E-state index contributed by atoms with van der Waals surface area (Å²) in [4.78, 5) is 24.1. The van der Waals surface area contributed by atoms with Crippen molar-refractivity contribution >= 4 is 28.3 Å². The summed E-state index contributed by atoms with van der Waals surface area (Å²) >= 11 is 1.47. The van der Waals surface area contributed by atoms with Crippen LogP contribution in [0.4, 0.5) is 0 Å². The Kier molecular flexibility index (Phi) is 3.35. The lowest BCUT2D eigenvalue weighted by Gasteiger charge is -2.07. The SMILES string of the molecule is Cc1cc(CC(=O)O)c2oc(-c3cccs3)cc(=O)c2c1. The minimum Gasteiger partial charge on any atom is -0.481 e. The first-order chi connectivity index (χ1) is 10.0. The lowest BCUT2D eigenvalue weighted by atomic mass is 10.0. The van der Waals surface area contributed by atoms with Gasteiger partial charge in [-0.05, 0) is 30.0 Å². The minimum atomic E-state index is -0.953. The number of aryl methyl sites for hydroxylation is 1. The van der Waals surface area contributed by atoms with Crippen molar-refractivity contribution in [3.05, 3.63) is 57.1 Å². The van der Waals surface area contributed by atoms with Crippen molar-refractivity contribution in [1.82, 2.24) is 0 Å². The second kappa shape index (κ2) is 5.18. The van der Waals surface area contributed by atoms with Gasteiger partial charge < -0.3 is 9.52 Å². The molecule has 2 heterocycles. The van der Waals surface area contributed by atoms with Crippen molar-refractivity contribution in [2.24, 2.45) is 0 Å². The summed E-state index contributed by atoms with van der Waals surface area (Å²) in [6.07, 6.45) is -0.172. The number of carboxylic acids is 1. The highest BCUT2D eigenvalue weighted by Gasteiger charge is 2.14. The van der Waals surface area contributed by atoms with Gasteiger partial charge in [0.05, 0.1) is 16.7 Å². The summed E-state index contributed by atoms with van der Waals surface area (Å²) in [5.41, 5.74) is 1.57. The van der Waals surface area contributed by atoms with E-state index in [0.29, 0.717) is 22.3 Å². The van der Waals surface area contributed by atoms with Gasteiger partial charge in [-0.25, -0.2) is 0 Å². The van der Waals surface area contributed by atoms with Crippen LogP contribution >= 0.6 is 11.3 Å². The Bertz CT molecular complexity index is 875. The van der Waals surface area contributed by atoms with Crippen LogP contribution in [0.3, 0.4) is 0 Å². The number of aliphatic carboxylic acids is 1. The van der Waals surface area contributed by atoms with Crippen molar-refractivity contribution in [2.75, 3.05) is 0 Å². The predicted octanol–water partition coefficient (Wildman–Crippen LogP) is 3.46. The smallest absolute Gasteiger partial charge is 0.307 e. The van der Waals surface area contributed by atoms with Gasteiger partial charge in [0.15, 0.2) is 5.43 Å². The third-order valence-corrected chi connectivity index (χ3v) is 4.04. The molecule has 0 atom stereocenters. The average Bonchev–Trinajstić information content (AvgIpc) is 2.93. The largest absolute Gasteiger partial charge is 0.481 e. The van der Waals surface area contributed by atoms with Crippen LogP contribution in [0.1, 0.15) is 11.1 Å². The first-order valence-electron chi connectivity index (χ1n) is 6.37. The lowest BCUT2D eigenvalue weighted by Crippen LogP contribution is -2.06. The maximum absolute atomic E-state index is 12.3. The van der Waals surface area contributed by atoms with Crippen LogP contribution in [0.2, 0.25) is 0 Å². The van der Waals surface area contributed by atoms with Gasteiger partial charge in [-0.15, -0.1) is 11.3 Å². The van der Waals surface area contributed by atoms with E-state index >= 15 is 0 Å². The van der Waals surface area contributed by atoms with Crippen LogP contribution in [0, 0.1) is 6.92 Å². The Labute approximate surface area is 124 Å². The Morgan fingerprint density at radius 2 is 2.14 bits per heavy atom. The fourth-order valence-electron chi connectivity index (χ4n) is 2.32. The molecule has 0 aliphatic carbocycles. The van der Waals surface area contributed by atoms with E-state index < -0.39 is 5.97 Å². The van der Waals surface area contributed by atoms with E-state index in [-0.39, 0.29) is 11.8 Å². The third-order valence-electron chi connectivity index (χ3n) is 3.16. The Morgan fingerprint density at radius 3 is 2.81 bits per heavy atom. The second-order valence-electron chi connectivity index (χ2n) is 4.82. The van der Waals surface area contributed by atoms with Gasteiger partial charge in [0, 0.05) is 11.6 Å². The van der Waals surface area contributed by atoms with Crippen molar-refractivity contribution < 1.29 is 14.3 Å². The number of hydrogen-bond acceptors (Lipinski definition) is 4. The Balaban J connectivity index is 2.31. The zero-order valence-corrected chi connectivity index (χ0v) is 12.1. The molecule has 0 amide bonds. The highest BCUT2D eigenvalue weighted by Crippen LogP contribution is 2.28. The molecule has 106 valence electrons. The highest BCUT2D eigenvalue weighted by molar-refractivity contribution is 7.13. The second-order valence-corrected chi connectivity index (χ2v) is 5.77. The molecule has 0 spiro atoms. The molecule has 1 N–H and O–H groups in total. The quantitative estimate of drug-likeness (QED) is 0.804. The summed E-state index contributed by atoms with van der Waals surface area (Å²) in [7, 11) is 0. The highest BCUT2D eigenvalue weighted by atomic mass is 32.1. The standard InChI is InChI=1S/C16H12O4S/c1-9-5-10(7-15(18)19)16-11(6-9)12(17)8-13(20-16)14-3-2-4-21-14/h2-6,8H,7H2,1H3,(H,18,19). The van der Waals surface area contributed by atoms with Crippen LogP contribution in [0.5, 0.6) is 0 Å². The monoisotopic (exact) mass is 300 g/mol. The number of thiophene rings is 1. The Hall–Kier alpha value is -2.40. The Morgan fingerprint density at radius 1 is 1.33 bits per heavy atom. The maximum atomic E-state index is 12.3. The van der Waals surface area contributed by atoms with Crippen molar-refractivity contribution in [3.8, 4) is 10.6 Å². The molecule has 0 saturated carbocycles. The van der Waals surface area contributed by atoms with Gasteiger partial charge in [-0.3, -0.25) is 9.59 Å². The molecule has 0 saturated heterocycles. The molecular formula is C16H12O4S. The van der Waals surface area contributed by atoms with Gasteiger partial charge in [0.25, 0.3) is 0 Å². The fourth-order valence-corrected chi connectivity index (χ4v) is 3.00. The van der Waals surface area contributed by atoms with Crippen LogP contribution in [-0.4, -0.2) is 11.1 Å². The van der Waals surface area contributed by atoms with Crippen LogP contribution in [0.15, 0.2) is 44.9 Å². The molecule has 0 aliphatic heterocycles. The molecule has 0 radical (unpaired) electrons. The number of carbonyl (C=O) groups is 1. The van der Waals surface area contributed by atoms with E-state index in [9.17, 15) is 9.59 Å². The van der Waals surface area contributed by atoms with Crippen LogP contribution < -0.4 is 5.43 Å². The van der Waals surface area contributed by atoms with Crippen LogP contribution in [-0.2, 0) is 11.2 Å². The summed E-state index contributed by atoms with van der Waals surface area (Å²) in [5.74, 6) is -0.482. The molecule has 0 unspecified atom stereocenters. The fraction of sp³-hybridized carbons (Fsp3) is 0.125. The summed E-state index contributed by atoms with van der Waals surface area (Å²) < 4.78 is 5.82. The van der Waals surface area contributed by atoms with Crippen molar-refractivity contribution in [2.45, 2.75) is 13.3 Å². The van der Waals surface area contributed by atoms with E-state index in [1.807, 2.05) is 24.4 Å². The molecule has 5 heteroatoms. The first kappa shape index (κ1) is 13.6. The van der Waals surface area contributed by atoms with Gasteiger partial charge in [-0.1, -0.05) is 12.1 Å². The molecule has 0 fully saturated rings. The van der Waals surface area contributed by atoms with Gasteiger partial charge >= 0.3 is 5.97 Å². The number of benzene rings is 1. The lowest BCUT2D eigenvalue weighted by molar-refractivity contribution is -0.136. The normalized spacial score (nSPS) is 10.9. The average molecular weight is 300 g/mol. The van der Waals surface area contributed by atoms with Gasteiger partial charge in [0.1, 0.15) is 11.3 Å². The molecule has 3 aromatic rings. The van der Waals surface area contributed by atoms with Gasteiger partial charge in [0.2, 0.25) is 0 Å². The molecule has 3 rings (SSSR count). The summed E-state index contributed by atoms with van der Waals surface area (Å²) in [6.45, 7) is 1.83. The third kappa shape index (κ3) is 2.60. The molecule has 21 heavy (non-hydrogen) atoms. The van der Waals surface area contributed by atoms with E-state index in [1.54, 1.807) is 12.1 Å². The summed E-state index contributed by atoms with van der Waals surface area (Å²) in [6, 6.07) is 8.66. The molecule has 2 aromatic heterocycles. The molecule has 1 aromatic carbocycles. The molecular weight excluding hydrogens is 288 g/mol. The van der Waals surface area contributed by atoms with E-state index in [1.165, 1.54) is 17.4 Å². The topological polar surface area (TPSA) is 67.5 Å². The number of fused-ring (bicyclic) bond motifs is 1. The number of rotatable bonds is 3. The van der Waals surface area contributed by atoms with Crippen molar-refractivity contribution in [3.63, 3.8) is 0 Å². The minimum absolute atomic E-state index is 0.157. The molecule has 4 nitrogen and oxygen atoms in total. The van der Waals surface area contributed by atoms with Gasteiger partial charge in [-0.2, -0.15) is 0 Å². The number of carboxylic acid groups (broad SMARTS) is 1. The van der Waals surface area contributed by atoms with Crippen molar-refractivity contribution in [1.29, 1.82) is 0 Å². The molecule has 0 aliphatic rings. The zero-order valence-electron chi connectivity index (χ0n) is 11.3. The zero-order chi connectivity index (χ0) is 15.0. The predicted molar refractivity (Wildman–Crippen MR) is 81.9 cm³/mol. The van der Waals surface area contributed by atoms with E-state index in [2.05, 4.69) is 0 Å². The summed E-state index contributed by atoms with van der Waals surface area (Å²) in [5, 5.41) is 11.3. The number of hydrogen-bond donors (Lipinski definition) is 1.